The highest BCUT2D eigenvalue weighted by molar-refractivity contribution is 5.85. The molecule has 2 atom stereocenters. The van der Waals surface area contributed by atoms with Crippen LogP contribution < -0.4 is 0 Å². The van der Waals surface area contributed by atoms with Gasteiger partial charge in [0.2, 0.25) is 5.91 Å². The molecule has 1 amide bonds. The Labute approximate surface area is 109 Å². The van der Waals surface area contributed by atoms with Gasteiger partial charge in [0.05, 0.1) is 0 Å². The van der Waals surface area contributed by atoms with Gasteiger partial charge < -0.3 is 14.9 Å². The van der Waals surface area contributed by atoms with Crippen LogP contribution in [0.25, 0.3) is 0 Å². The molecule has 0 aromatic rings. The molecule has 1 saturated carbocycles. The van der Waals surface area contributed by atoms with Gasteiger partial charge in [0.25, 0.3) is 0 Å². The average Bonchev–Trinajstić information content (AvgIpc) is 2.96. The molecular formula is C13H24N2O3. The number of carbonyl (C=O) groups excluding carboxylic acids is 1. The molecule has 0 radical (unpaired) electrons. The van der Waals surface area contributed by atoms with Crippen molar-refractivity contribution in [2.45, 2.75) is 26.7 Å². The smallest absolute Gasteiger partial charge is 0.323 e. The Balaban J connectivity index is 2.60. The van der Waals surface area contributed by atoms with Gasteiger partial charge in [-0.3, -0.25) is 9.59 Å². The summed E-state index contributed by atoms with van der Waals surface area (Å²) in [4.78, 5) is 26.5. The molecule has 0 aliphatic heterocycles. The van der Waals surface area contributed by atoms with Gasteiger partial charge in [0.15, 0.2) is 0 Å². The fourth-order valence-electron chi connectivity index (χ4n) is 2.16. The summed E-state index contributed by atoms with van der Waals surface area (Å²) in [5, 5.41) is 8.88. The molecule has 104 valence electrons. The molecular weight excluding hydrogens is 232 g/mol. The van der Waals surface area contributed by atoms with Crippen molar-refractivity contribution in [2.75, 3.05) is 33.7 Å². The van der Waals surface area contributed by atoms with Crippen molar-refractivity contribution in [2.24, 2.45) is 11.3 Å². The molecule has 0 bridgehead atoms. The first-order valence-electron chi connectivity index (χ1n) is 6.45. The van der Waals surface area contributed by atoms with Crippen LogP contribution in [0.4, 0.5) is 0 Å². The van der Waals surface area contributed by atoms with E-state index in [1.165, 1.54) is 4.90 Å². The molecule has 5 nitrogen and oxygen atoms in total. The van der Waals surface area contributed by atoms with E-state index in [1.54, 1.807) is 0 Å². The molecule has 0 saturated heterocycles. The van der Waals surface area contributed by atoms with Gasteiger partial charge in [-0.05, 0) is 32.4 Å². The number of likely N-dealkylation sites (N-methyl/N-ethyl adjacent to an activating group) is 1. The van der Waals surface area contributed by atoms with Crippen molar-refractivity contribution in [3.63, 3.8) is 0 Å². The Hall–Kier alpha value is -1.10. The highest BCUT2D eigenvalue weighted by Gasteiger charge is 2.54. The summed E-state index contributed by atoms with van der Waals surface area (Å²) in [5.41, 5.74) is 0.0892. The van der Waals surface area contributed by atoms with Crippen LogP contribution in [0.1, 0.15) is 26.7 Å². The lowest BCUT2D eigenvalue weighted by Gasteiger charge is -2.23. The number of aliphatic carboxylic acids is 1. The molecule has 1 aliphatic rings. The van der Waals surface area contributed by atoms with Crippen LogP contribution in [0.5, 0.6) is 0 Å². The summed E-state index contributed by atoms with van der Waals surface area (Å²) in [6, 6.07) is 0. The predicted octanol–water partition coefficient (Wildman–Crippen LogP) is 0.897. The van der Waals surface area contributed by atoms with Crippen molar-refractivity contribution in [1.29, 1.82) is 0 Å². The second-order valence-corrected chi connectivity index (χ2v) is 5.72. The van der Waals surface area contributed by atoms with E-state index in [9.17, 15) is 9.59 Å². The SMILES string of the molecule is CC[C@]1(C)C[C@@H]1C(=O)N(CCN(C)C)CC(=O)O. The van der Waals surface area contributed by atoms with Crippen molar-refractivity contribution >= 4 is 11.9 Å². The Morgan fingerprint density at radius 3 is 2.33 bits per heavy atom. The lowest BCUT2D eigenvalue weighted by atomic mass is 10.0. The van der Waals surface area contributed by atoms with Crippen molar-refractivity contribution in [3.05, 3.63) is 0 Å². The van der Waals surface area contributed by atoms with E-state index in [4.69, 9.17) is 5.11 Å². The predicted molar refractivity (Wildman–Crippen MR) is 69.3 cm³/mol. The largest absolute Gasteiger partial charge is 0.480 e. The maximum absolute atomic E-state index is 12.3. The first-order chi connectivity index (χ1) is 8.30. The molecule has 18 heavy (non-hydrogen) atoms. The molecule has 1 N–H and O–H groups in total. The third-order valence-corrected chi connectivity index (χ3v) is 3.91. The van der Waals surface area contributed by atoms with Crippen LogP contribution in [0.15, 0.2) is 0 Å². The normalized spacial score (nSPS) is 26.2. The molecule has 0 aromatic heterocycles. The molecule has 0 aromatic carbocycles. The Bertz CT molecular complexity index is 330. The van der Waals surface area contributed by atoms with Crippen LogP contribution in [-0.2, 0) is 9.59 Å². The minimum absolute atomic E-state index is 0.00333. The number of hydrogen-bond donors (Lipinski definition) is 1. The van der Waals surface area contributed by atoms with Gasteiger partial charge in [-0.1, -0.05) is 13.8 Å². The second-order valence-electron chi connectivity index (χ2n) is 5.72. The maximum Gasteiger partial charge on any atom is 0.323 e. The van der Waals surface area contributed by atoms with Crippen molar-refractivity contribution in [3.8, 4) is 0 Å². The van der Waals surface area contributed by atoms with E-state index in [2.05, 4.69) is 13.8 Å². The molecule has 0 spiro atoms. The van der Waals surface area contributed by atoms with Gasteiger partial charge in [0, 0.05) is 19.0 Å². The number of carboxylic acids is 1. The van der Waals surface area contributed by atoms with E-state index >= 15 is 0 Å². The molecule has 1 fully saturated rings. The number of carbonyl (C=O) groups is 2. The maximum atomic E-state index is 12.3. The lowest BCUT2D eigenvalue weighted by molar-refractivity contribution is -0.145. The minimum Gasteiger partial charge on any atom is -0.480 e. The quantitative estimate of drug-likeness (QED) is 0.735. The molecule has 5 heteroatoms. The third kappa shape index (κ3) is 3.70. The highest BCUT2D eigenvalue weighted by atomic mass is 16.4. The number of carboxylic acid groups (broad SMARTS) is 1. The number of rotatable bonds is 7. The van der Waals surface area contributed by atoms with Gasteiger partial charge in [-0.25, -0.2) is 0 Å². The standard InChI is InChI=1S/C13H24N2O3/c1-5-13(2)8-10(13)12(18)15(9-11(16)17)7-6-14(3)4/h10H,5-9H2,1-4H3,(H,16,17)/t10-,13-/m1/s1. The zero-order chi connectivity index (χ0) is 13.9. The van der Waals surface area contributed by atoms with Gasteiger partial charge in [-0.15, -0.1) is 0 Å². The number of amides is 1. The first kappa shape index (κ1) is 15.0. The Morgan fingerprint density at radius 2 is 1.94 bits per heavy atom. The van der Waals surface area contributed by atoms with E-state index in [-0.39, 0.29) is 23.8 Å². The monoisotopic (exact) mass is 256 g/mol. The molecule has 0 unspecified atom stereocenters. The summed E-state index contributed by atoms with van der Waals surface area (Å²) >= 11 is 0. The lowest BCUT2D eigenvalue weighted by Crippen LogP contribution is -2.41. The zero-order valence-corrected chi connectivity index (χ0v) is 11.8. The summed E-state index contributed by atoms with van der Waals surface area (Å²) in [7, 11) is 3.83. The van der Waals surface area contributed by atoms with Crippen LogP contribution >= 0.6 is 0 Å². The summed E-state index contributed by atoms with van der Waals surface area (Å²) in [6.45, 7) is 5.15. The van der Waals surface area contributed by atoms with Crippen LogP contribution in [0, 0.1) is 11.3 Å². The van der Waals surface area contributed by atoms with Crippen LogP contribution in [0.3, 0.4) is 0 Å². The number of hydrogen-bond acceptors (Lipinski definition) is 3. The first-order valence-corrected chi connectivity index (χ1v) is 6.45. The zero-order valence-electron chi connectivity index (χ0n) is 11.8. The van der Waals surface area contributed by atoms with Crippen molar-refractivity contribution < 1.29 is 14.7 Å². The average molecular weight is 256 g/mol. The van der Waals surface area contributed by atoms with Crippen molar-refractivity contribution in [1.82, 2.24) is 9.80 Å². The summed E-state index contributed by atoms with van der Waals surface area (Å²) < 4.78 is 0. The molecule has 0 heterocycles. The third-order valence-electron chi connectivity index (χ3n) is 3.91. The van der Waals surface area contributed by atoms with E-state index < -0.39 is 5.97 Å². The van der Waals surface area contributed by atoms with E-state index in [0.717, 1.165) is 12.8 Å². The molecule has 1 aliphatic carbocycles. The van der Waals surface area contributed by atoms with Crippen LogP contribution in [0.2, 0.25) is 0 Å². The van der Waals surface area contributed by atoms with E-state index in [0.29, 0.717) is 13.1 Å². The Kier molecular flexibility index (Phi) is 4.73. The van der Waals surface area contributed by atoms with Gasteiger partial charge in [-0.2, -0.15) is 0 Å². The topological polar surface area (TPSA) is 60.9 Å². The number of nitrogens with zero attached hydrogens (tertiary/aromatic N) is 2. The summed E-state index contributed by atoms with van der Waals surface area (Å²) in [6.07, 6.45) is 1.86. The summed E-state index contributed by atoms with van der Waals surface area (Å²) in [5.74, 6) is -0.923. The second kappa shape index (κ2) is 5.69. The highest BCUT2D eigenvalue weighted by Crippen LogP contribution is 2.55. The van der Waals surface area contributed by atoms with Gasteiger partial charge >= 0.3 is 5.97 Å². The fraction of sp³-hybridized carbons (Fsp3) is 0.846. The van der Waals surface area contributed by atoms with E-state index in [1.807, 2.05) is 19.0 Å². The minimum atomic E-state index is -0.944. The van der Waals surface area contributed by atoms with Crippen LogP contribution in [-0.4, -0.2) is 60.5 Å². The van der Waals surface area contributed by atoms with Gasteiger partial charge in [0.1, 0.15) is 6.54 Å². The molecule has 1 rings (SSSR count). The Morgan fingerprint density at radius 1 is 1.33 bits per heavy atom. The fourth-order valence-corrected chi connectivity index (χ4v) is 2.16.